The lowest BCUT2D eigenvalue weighted by atomic mass is 10.4. The molecule has 0 saturated carbocycles. The molecule has 1 aromatic rings. The Kier molecular flexibility index (Phi) is 3.48. The van der Waals surface area contributed by atoms with E-state index in [-0.39, 0.29) is 31.6 Å². The first-order valence-corrected chi connectivity index (χ1v) is 5.21. The van der Waals surface area contributed by atoms with Crippen molar-refractivity contribution in [3.8, 4) is 0 Å². The van der Waals surface area contributed by atoms with E-state index in [0.29, 0.717) is 6.61 Å². The summed E-state index contributed by atoms with van der Waals surface area (Å²) in [5.74, 6) is -1.42. The van der Waals surface area contributed by atoms with Crippen LogP contribution in [0.2, 0.25) is 0 Å². The number of aromatic nitrogens is 3. The number of aliphatic hydroxyl groups is 1. The van der Waals surface area contributed by atoms with Crippen LogP contribution < -0.4 is 5.32 Å². The Morgan fingerprint density at radius 1 is 1.72 bits per heavy atom. The number of nitro groups is 1. The van der Waals surface area contributed by atoms with Gasteiger partial charge in [0.15, 0.2) is 0 Å². The molecule has 10 nitrogen and oxygen atoms in total. The fourth-order valence-corrected chi connectivity index (χ4v) is 1.32. The molecule has 98 valence electrons. The third-order valence-corrected chi connectivity index (χ3v) is 2.20. The van der Waals surface area contributed by atoms with Crippen LogP contribution in [0.1, 0.15) is 10.6 Å². The van der Waals surface area contributed by atoms with Crippen LogP contribution in [-0.4, -0.2) is 56.6 Å². The highest BCUT2D eigenvalue weighted by Crippen LogP contribution is 2.14. The monoisotopic (exact) mass is 257 g/mol. The van der Waals surface area contributed by atoms with Gasteiger partial charge in [-0.25, -0.2) is 0 Å². The zero-order valence-electron chi connectivity index (χ0n) is 9.27. The molecule has 2 heterocycles. The average molecular weight is 257 g/mol. The largest absolute Gasteiger partial charge is 0.491 e. The van der Waals surface area contributed by atoms with E-state index in [1.807, 2.05) is 0 Å². The van der Waals surface area contributed by atoms with Crippen LogP contribution in [0.25, 0.3) is 0 Å². The van der Waals surface area contributed by atoms with Crippen molar-refractivity contribution in [2.45, 2.75) is 12.6 Å². The molecule has 0 spiro atoms. The second kappa shape index (κ2) is 5.06. The topological polar surface area (TPSA) is 136 Å². The van der Waals surface area contributed by atoms with E-state index in [1.54, 1.807) is 0 Å². The average Bonchev–Trinajstić information content (AvgIpc) is 3.03. The van der Waals surface area contributed by atoms with Crippen LogP contribution in [-0.2, 0) is 11.3 Å². The molecule has 1 amide bonds. The van der Waals surface area contributed by atoms with Gasteiger partial charge in [-0.1, -0.05) is 0 Å². The van der Waals surface area contributed by atoms with E-state index >= 15 is 0 Å². The molecule has 1 aromatic heterocycles. The Morgan fingerprint density at radius 3 is 3.00 bits per heavy atom. The minimum Gasteiger partial charge on any atom is -0.395 e. The Bertz CT molecular complexity index is 468. The lowest BCUT2D eigenvalue weighted by Gasteiger charge is -2.00. The molecule has 1 unspecified atom stereocenters. The van der Waals surface area contributed by atoms with Gasteiger partial charge in [-0.2, -0.15) is 4.68 Å². The summed E-state index contributed by atoms with van der Waals surface area (Å²) in [6, 6.07) is 0. The van der Waals surface area contributed by atoms with Gasteiger partial charge < -0.3 is 25.3 Å². The number of rotatable bonds is 6. The second-order valence-electron chi connectivity index (χ2n) is 3.61. The molecule has 0 aromatic carbocycles. The van der Waals surface area contributed by atoms with Gasteiger partial charge in [0, 0.05) is 11.6 Å². The quantitative estimate of drug-likeness (QED) is 0.352. The van der Waals surface area contributed by atoms with Gasteiger partial charge in [-0.15, -0.1) is 0 Å². The Labute approximate surface area is 101 Å². The molecule has 18 heavy (non-hydrogen) atoms. The number of hydrogen-bond donors (Lipinski definition) is 2. The summed E-state index contributed by atoms with van der Waals surface area (Å²) in [5, 5.41) is 25.1. The number of nitrogens with one attached hydrogen (secondary N) is 1. The Hall–Kier alpha value is -2.07. The van der Waals surface area contributed by atoms with Gasteiger partial charge in [0.05, 0.1) is 19.8 Å². The summed E-state index contributed by atoms with van der Waals surface area (Å²) in [6.45, 7) is 0.585. The Morgan fingerprint density at radius 2 is 2.44 bits per heavy atom. The summed E-state index contributed by atoms with van der Waals surface area (Å²) in [7, 11) is 0. The van der Waals surface area contributed by atoms with Crippen LogP contribution in [0.15, 0.2) is 0 Å². The van der Waals surface area contributed by atoms with Crippen LogP contribution in [0.4, 0.5) is 5.95 Å². The molecule has 2 N–H and O–H groups in total. The lowest BCUT2D eigenvalue weighted by molar-refractivity contribution is -0.394. The van der Waals surface area contributed by atoms with Gasteiger partial charge in [0.1, 0.15) is 6.10 Å². The van der Waals surface area contributed by atoms with Crippen molar-refractivity contribution in [2.75, 3.05) is 19.8 Å². The molecule has 1 aliphatic heterocycles. The van der Waals surface area contributed by atoms with Gasteiger partial charge in [-0.05, 0) is 9.91 Å². The minimum absolute atomic E-state index is 0.0411. The molecular weight excluding hydrogens is 246 g/mol. The van der Waals surface area contributed by atoms with Gasteiger partial charge in [0.2, 0.25) is 0 Å². The van der Waals surface area contributed by atoms with Crippen LogP contribution in [0.5, 0.6) is 0 Å². The first-order chi connectivity index (χ1) is 8.61. The molecule has 1 atom stereocenters. The summed E-state index contributed by atoms with van der Waals surface area (Å²) >= 11 is 0. The Balaban J connectivity index is 2.18. The molecule has 2 rings (SSSR count). The number of aliphatic hydroxyl groups excluding tert-OH is 1. The van der Waals surface area contributed by atoms with E-state index in [0.717, 1.165) is 4.68 Å². The first-order valence-electron chi connectivity index (χ1n) is 5.21. The summed E-state index contributed by atoms with van der Waals surface area (Å²) in [5.41, 5.74) is 0. The van der Waals surface area contributed by atoms with E-state index in [9.17, 15) is 14.9 Å². The predicted octanol–water partition coefficient (Wildman–Crippen LogP) is -1.69. The molecule has 0 aliphatic carbocycles. The first kappa shape index (κ1) is 12.4. The highest BCUT2D eigenvalue weighted by Gasteiger charge is 2.32. The summed E-state index contributed by atoms with van der Waals surface area (Å²) < 4.78 is 6.11. The number of epoxide rings is 1. The molecule has 1 aliphatic rings. The van der Waals surface area contributed by atoms with Crippen LogP contribution in [0.3, 0.4) is 0 Å². The normalized spacial score (nSPS) is 17.5. The second-order valence-corrected chi connectivity index (χ2v) is 3.61. The van der Waals surface area contributed by atoms with Crippen molar-refractivity contribution < 1.29 is 19.6 Å². The lowest BCUT2D eigenvalue weighted by Crippen LogP contribution is -2.30. The molecular formula is C8H11N5O5. The maximum absolute atomic E-state index is 11.7. The SMILES string of the molecule is O=C(NCCO)c1nc([N+](=O)[O-])nn1CC1CO1. The number of carbonyl (C=O) groups excluding carboxylic acids is 1. The third-order valence-electron chi connectivity index (χ3n) is 2.20. The van der Waals surface area contributed by atoms with Crippen molar-refractivity contribution in [2.24, 2.45) is 0 Å². The third kappa shape index (κ3) is 2.78. The van der Waals surface area contributed by atoms with E-state index in [1.165, 1.54) is 0 Å². The van der Waals surface area contributed by atoms with E-state index in [4.69, 9.17) is 9.84 Å². The van der Waals surface area contributed by atoms with Crippen molar-refractivity contribution in [1.29, 1.82) is 0 Å². The van der Waals surface area contributed by atoms with Crippen molar-refractivity contribution >= 4 is 11.9 Å². The maximum atomic E-state index is 11.7. The predicted molar refractivity (Wildman–Crippen MR) is 55.8 cm³/mol. The highest BCUT2D eigenvalue weighted by molar-refractivity contribution is 5.90. The van der Waals surface area contributed by atoms with Crippen LogP contribution >= 0.6 is 0 Å². The zero-order chi connectivity index (χ0) is 13.1. The number of hydrogen-bond acceptors (Lipinski definition) is 7. The zero-order valence-corrected chi connectivity index (χ0v) is 9.27. The molecule has 10 heteroatoms. The molecule has 0 bridgehead atoms. The summed E-state index contributed by atoms with van der Waals surface area (Å²) in [4.78, 5) is 25.0. The minimum atomic E-state index is -0.771. The number of carbonyl (C=O) groups is 1. The maximum Gasteiger partial charge on any atom is 0.491 e. The van der Waals surface area contributed by atoms with Crippen LogP contribution in [0, 0.1) is 10.1 Å². The smallest absolute Gasteiger partial charge is 0.395 e. The van der Waals surface area contributed by atoms with E-state index in [2.05, 4.69) is 15.4 Å². The fourth-order valence-electron chi connectivity index (χ4n) is 1.32. The molecule has 1 saturated heterocycles. The summed E-state index contributed by atoms with van der Waals surface area (Å²) in [6.07, 6.45) is -0.0873. The van der Waals surface area contributed by atoms with Crippen molar-refractivity contribution in [1.82, 2.24) is 20.1 Å². The van der Waals surface area contributed by atoms with Gasteiger partial charge in [-0.3, -0.25) is 4.79 Å². The number of nitrogens with zero attached hydrogens (tertiary/aromatic N) is 4. The number of amides is 1. The van der Waals surface area contributed by atoms with Gasteiger partial charge in [0.25, 0.3) is 0 Å². The number of ether oxygens (including phenoxy) is 1. The van der Waals surface area contributed by atoms with Crippen molar-refractivity contribution in [3.05, 3.63) is 15.9 Å². The van der Waals surface area contributed by atoms with Gasteiger partial charge >= 0.3 is 17.7 Å². The fraction of sp³-hybridized carbons (Fsp3) is 0.625. The molecule has 1 fully saturated rings. The van der Waals surface area contributed by atoms with E-state index < -0.39 is 16.8 Å². The molecule has 0 radical (unpaired) electrons. The standard InChI is InChI=1S/C8H11N5O5/c14-2-1-9-7(15)6-10-8(13(16)17)11-12(6)3-5-4-18-5/h5,14H,1-4H2,(H,9,15). The van der Waals surface area contributed by atoms with Crippen molar-refractivity contribution in [3.63, 3.8) is 0 Å². The highest BCUT2D eigenvalue weighted by atomic mass is 16.6.